The van der Waals surface area contributed by atoms with E-state index in [0.717, 1.165) is 0 Å². The highest BCUT2D eigenvalue weighted by Gasteiger charge is 2.32. The second kappa shape index (κ2) is 11.6. The Kier molecular flexibility index (Phi) is 8.30. The first-order chi connectivity index (χ1) is 18.1. The number of cyclic esters (lactones) is 1. The van der Waals surface area contributed by atoms with Crippen molar-refractivity contribution in [2.24, 2.45) is 0 Å². The minimum absolute atomic E-state index is 0.0262. The first-order valence-corrected chi connectivity index (χ1v) is 11.9. The van der Waals surface area contributed by atoms with Gasteiger partial charge in [0.25, 0.3) is 0 Å². The van der Waals surface area contributed by atoms with E-state index in [-0.39, 0.29) is 41.7 Å². The van der Waals surface area contributed by atoms with Gasteiger partial charge in [-0.3, -0.25) is 9.69 Å². The lowest BCUT2D eigenvalue weighted by Gasteiger charge is -2.15. The third-order valence-electron chi connectivity index (χ3n) is 5.87. The van der Waals surface area contributed by atoms with Gasteiger partial charge in [-0.15, -0.1) is 0 Å². The van der Waals surface area contributed by atoms with Gasteiger partial charge in [0.05, 0.1) is 24.3 Å². The average molecular weight is 541 g/mol. The number of nitrogens with one attached hydrogen (secondary N) is 1. The zero-order valence-electron chi connectivity index (χ0n) is 20.2. The standard InChI is InChI=1S/C26H23BClFN2O7/c1-15(32)30-12-20-13-31(26(34)38-20)19-7-8-21(24(29)11-19)17-4-2-16(3-5-17)14-37-25(33)18-6-9-22(27(35)36)23(28)10-18/h2-11,20,35-36H,12-14H2,1H3,(H,30,32). The molecular weight excluding hydrogens is 518 g/mol. The Morgan fingerprint density at radius 1 is 1.16 bits per heavy atom. The van der Waals surface area contributed by atoms with Crippen LogP contribution >= 0.6 is 11.6 Å². The number of hydrogen-bond acceptors (Lipinski definition) is 7. The molecule has 1 heterocycles. The number of esters is 1. The van der Waals surface area contributed by atoms with E-state index in [1.807, 2.05) is 0 Å². The van der Waals surface area contributed by atoms with Gasteiger partial charge >= 0.3 is 19.2 Å². The summed E-state index contributed by atoms with van der Waals surface area (Å²) in [4.78, 5) is 36.9. The second-order valence-electron chi connectivity index (χ2n) is 8.60. The van der Waals surface area contributed by atoms with Gasteiger partial charge in [0, 0.05) is 23.0 Å². The average Bonchev–Trinajstić information content (AvgIpc) is 3.26. The Bertz CT molecular complexity index is 1370. The molecule has 38 heavy (non-hydrogen) atoms. The van der Waals surface area contributed by atoms with Crippen molar-refractivity contribution in [1.29, 1.82) is 0 Å². The monoisotopic (exact) mass is 540 g/mol. The van der Waals surface area contributed by atoms with Gasteiger partial charge in [0.2, 0.25) is 5.91 Å². The molecule has 1 aliphatic rings. The number of benzene rings is 3. The number of halogens is 2. The van der Waals surface area contributed by atoms with Crippen molar-refractivity contribution in [1.82, 2.24) is 5.32 Å². The van der Waals surface area contributed by atoms with E-state index < -0.39 is 31.1 Å². The summed E-state index contributed by atoms with van der Waals surface area (Å²) in [6, 6.07) is 15.2. The maximum Gasteiger partial charge on any atom is 0.489 e. The van der Waals surface area contributed by atoms with Crippen LogP contribution in [0.15, 0.2) is 60.7 Å². The zero-order chi connectivity index (χ0) is 27.4. The van der Waals surface area contributed by atoms with E-state index in [1.165, 1.54) is 36.1 Å². The second-order valence-corrected chi connectivity index (χ2v) is 9.01. The Labute approximate surface area is 222 Å². The van der Waals surface area contributed by atoms with Crippen LogP contribution in [0.1, 0.15) is 22.8 Å². The number of carbonyl (C=O) groups excluding carboxylic acids is 3. The summed E-state index contributed by atoms with van der Waals surface area (Å²) < 4.78 is 25.5. The molecule has 0 bridgehead atoms. The number of carbonyl (C=O) groups is 3. The molecule has 1 atom stereocenters. The van der Waals surface area contributed by atoms with Gasteiger partial charge in [0.1, 0.15) is 18.5 Å². The third kappa shape index (κ3) is 6.31. The van der Waals surface area contributed by atoms with Crippen LogP contribution in [-0.4, -0.2) is 54.3 Å². The lowest BCUT2D eigenvalue weighted by atomic mass is 9.80. The molecule has 3 aromatic rings. The molecule has 0 spiro atoms. The topological polar surface area (TPSA) is 125 Å². The van der Waals surface area contributed by atoms with Gasteiger partial charge in [0.15, 0.2) is 0 Å². The number of hydrogen-bond donors (Lipinski definition) is 3. The van der Waals surface area contributed by atoms with E-state index in [9.17, 15) is 28.8 Å². The maximum atomic E-state index is 15.0. The third-order valence-corrected chi connectivity index (χ3v) is 6.19. The highest BCUT2D eigenvalue weighted by molar-refractivity contribution is 6.62. The zero-order valence-corrected chi connectivity index (χ0v) is 20.9. The van der Waals surface area contributed by atoms with Crippen molar-refractivity contribution < 1.29 is 38.3 Å². The molecule has 0 aliphatic carbocycles. The summed E-state index contributed by atoms with van der Waals surface area (Å²) in [5, 5.41) is 21.1. The van der Waals surface area contributed by atoms with Crippen LogP contribution in [0.3, 0.4) is 0 Å². The van der Waals surface area contributed by atoms with E-state index in [2.05, 4.69) is 5.32 Å². The predicted molar refractivity (Wildman–Crippen MR) is 139 cm³/mol. The van der Waals surface area contributed by atoms with E-state index in [4.69, 9.17) is 21.1 Å². The maximum absolute atomic E-state index is 15.0. The Morgan fingerprint density at radius 2 is 1.89 bits per heavy atom. The molecule has 0 radical (unpaired) electrons. The quantitative estimate of drug-likeness (QED) is 0.296. The predicted octanol–water partition coefficient (Wildman–Crippen LogP) is 2.64. The fourth-order valence-electron chi connectivity index (χ4n) is 3.88. The van der Waals surface area contributed by atoms with Gasteiger partial charge in [-0.05, 0) is 41.5 Å². The van der Waals surface area contributed by atoms with Crippen LogP contribution in [0, 0.1) is 5.82 Å². The highest BCUT2D eigenvalue weighted by atomic mass is 35.5. The van der Waals surface area contributed by atoms with Gasteiger partial charge < -0.3 is 24.8 Å². The number of amides is 2. The number of anilines is 1. The van der Waals surface area contributed by atoms with Crippen molar-refractivity contribution in [2.75, 3.05) is 18.0 Å². The van der Waals surface area contributed by atoms with Gasteiger partial charge in [-0.2, -0.15) is 0 Å². The molecule has 12 heteroatoms. The summed E-state index contributed by atoms with van der Waals surface area (Å²) in [6.07, 6.45) is -1.14. The van der Waals surface area contributed by atoms with E-state index >= 15 is 0 Å². The largest absolute Gasteiger partial charge is 0.489 e. The van der Waals surface area contributed by atoms with Crippen LogP contribution in [0.4, 0.5) is 14.9 Å². The van der Waals surface area contributed by atoms with Crippen molar-refractivity contribution in [3.05, 3.63) is 82.6 Å². The lowest BCUT2D eigenvalue weighted by molar-refractivity contribution is -0.119. The molecular formula is C26H23BClFN2O7. The molecule has 2 amide bonds. The normalized spacial score (nSPS) is 14.7. The number of rotatable bonds is 8. The molecule has 1 saturated heterocycles. The van der Waals surface area contributed by atoms with Crippen LogP contribution in [0.5, 0.6) is 0 Å². The lowest BCUT2D eigenvalue weighted by Crippen LogP contribution is -2.33. The first kappa shape index (κ1) is 27.1. The highest BCUT2D eigenvalue weighted by Crippen LogP contribution is 2.29. The molecule has 0 aromatic heterocycles. The molecule has 1 fully saturated rings. The van der Waals surface area contributed by atoms with Crippen LogP contribution < -0.4 is 15.7 Å². The smallest absolute Gasteiger partial charge is 0.457 e. The minimum atomic E-state index is -1.75. The van der Waals surface area contributed by atoms with E-state index in [1.54, 1.807) is 36.4 Å². The molecule has 3 N–H and O–H groups in total. The molecule has 4 rings (SSSR count). The molecule has 0 saturated carbocycles. The van der Waals surface area contributed by atoms with Crippen LogP contribution in [0.2, 0.25) is 5.02 Å². The van der Waals surface area contributed by atoms with Crippen molar-refractivity contribution in [3.63, 3.8) is 0 Å². The Balaban J connectivity index is 1.38. The van der Waals surface area contributed by atoms with Crippen LogP contribution in [-0.2, 0) is 20.9 Å². The summed E-state index contributed by atoms with van der Waals surface area (Å²) in [5.74, 6) is -1.41. The van der Waals surface area contributed by atoms with Crippen molar-refractivity contribution >= 4 is 47.8 Å². The summed E-state index contributed by atoms with van der Waals surface area (Å²) in [5.41, 5.74) is 2.14. The van der Waals surface area contributed by atoms with Crippen molar-refractivity contribution in [2.45, 2.75) is 19.6 Å². The first-order valence-electron chi connectivity index (χ1n) is 11.6. The summed E-state index contributed by atoms with van der Waals surface area (Å²) in [6.45, 7) is 1.68. The van der Waals surface area contributed by atoms with Gasteiger partial charge in [-0.1, -0.05) is 41.9 Å². The summed E-state index contributed by atoms with van der Waals surface area (Å²) in [7, 11) is -1.75. The minimum Gasteiger partial charge on any atom is -0.457 e. The molecule has 3 aromatic carbocycles. The molecule has 1 unspecified atom stereocenters. The molecule has 1 aliphatic heterocycles. The fraction of sp³-hybridized carbons (Fsp3) is 0.192. The SMILES string of the molecule is CC(=O)NCC1CN(c2ccc(-c3ccc(COC(=O)c4ccc(B(O)O)c(Cl)c4)cc3)c(F)c2)C(=O)O1. The van der Waals surface area contributed by atoms with E-state index in [0.29, 0.717) is 22.4 Å². The van der Waals surface area contributed by atoms with Gasteiger partial charge in [-0.25, -0.2) is 14.0 Å². The van der Waals surface area contributed by atoms with Crippen molar-refractivity contribution in [3.8, 4) is 11.1 Å². The Morgan fingerprint density at radius 3 is 2.53 bits per heavy atom. The number of ether oxygens (including phenoxy) is 2. The molecule has 196 valence electrons. The Hall–Kier alpha value is -3.93. The fourth-order valence-corrected chi connectivity index (χ4v) is 4.16. The van der Waals surface area contributed by atoms with Crippen LogP contribution in [0.25, 0.3) is 11.1 Å². The summed E-state index contributed by atoms with van der Waals surface area (Å²) >= 11 is 5.96. The molecule has 9 nitrogen and oxygen atoms in total. The number of nitrogens with zero attached hydrogens (tertiary/aromatic N) is 1.